The first-order valence-corrected chi connectivity index (χ1v) is 21.3. The number of thioether (sulfide) groups is 1. The number of imidazole rings is 1. The lowest BCUT2D eigenvalue weighted by molar-refractivity contribution is -0.245. The maximum atomic E-state index is 13.6. The molecular formula is C45H46N4O6S2. The van der Waals surface area contributed by atoms with E-state index >= 15 is 0 Å². The van der Waals surface area contributed by atoms with Gasteiger partial charge in [0.1, 0.15) is 6.04 Å². The van der Waals surface area contributed by atoms with E-state index in [2.05, 4.69) is 15.0 Å². The summed E-state index contributed by atoms with van der Waals surface area (Å²) in [6.07, 6.45) is 3.72. The highest BCUT2D eigenvalue weighted by atomic mass is 32.2. The Kier molecular flexibility index (Phi) is 13.0. The summed E-state index contributed by atoms with van der Waals surface area (Å²) in [5.41, 5.74) is 7.36. The number of nitrogens with one attached hydrogen (secondary N) is 2. The summed E-state index contributed by atoms with van der Waals surface area (Å²) in [5.74, 6) is 0.291. The molecule has 0 radical (unpaired) electrons. The fourth-order valence-corrected chi connectivity index (χ4v) is 8.84. The molecule has 7 rings (SSSR count). The molecular weight excluding hydrogens is 757 g/mol. The Morgan fingerprint density at radius 1 is 0.860 bits per heavy atom. The number of aryl methyl sites for hydroxylation is 2. The molecule has 57 heavy (non-hydrogen) atoms. The molecule has 3 N–H and O–H groups in total. The van der Waals surface area contributed by atoms with E-state index in [1.54, 1.807) is 42.2 Å². The number of hydrogen-bond acceptors (Lipinski definition) is 8. The number of aromatic nitrogens is 2. The smallest absolute Gasteiger partial charge is 0.241 e. The van der Waals surface area contributed by atoms with Gasteiger partial charge in [-0.1, -0.05) is 127 Å². The minimum atomic E-state index is -3.96. The quantitative estimate of drug-likeness (QED) is 0.0915. The van der Waals surface area contributed by atoms with Crippen molar-refractivity contribution in [3.8, 4) is 11.1 Å². The Hall–Kier alpha value is -5.08. The van der Waals surface area contributed by atoms with E-state index in [1.165, 1.54) is 0 Å². The molecule has 10 nitrogen and oxygen atoms in total. The standard InChI is InChI=1S/C45H46N4O6S2/c1-31-11-21-40(22-12-31)57(52,53)48-41(26-32-7-4-3-5-8-32)43(51)47-28-34-9-6-10-38(25-34)35-17-19-37(20-18-35)44-54-39(30-56-45-46-23-24-49(45)2)27-42(55-44)36-15-13-33(29-50)14-16-36/h3-25,39,41-42,44,48,50H,26-30H2,1-2H3,(H,47,51). The van der Waals surface area contributed by atoms with Gasteiger partial charge in [-0.15, -0.1) is 0 Å². The van der Waals surface area contributed by atoms with Gasteiger partial charge in [-0.05, 0) is 64.9 Å². The number of aliphatic hydroxyl groups is 1. The van der Waals surface area contributed by atoms with Crippen LogP contribution < -0.4 is 10.0 Å². The van der Waals surface area contributed by atoms with Crippen LogP contribution in [-0.4, -0.2) is 46.9 Å². The van der Waals surface area contributed by atoms with Crippen LogP contribution in [0.2, 0.25) is 0 Å². The molecule has 4 unspecified atom stereocenters. The monoisotopic (exact) mass is 802 g/mol. The number of benzene rings is 5. The zero-order valence-corrected chi connectivity index (χ0v) is 33.5. The number of aliphatic hydroxyl groups excluding tert-OH is 1. The average molecular weight is 803 g/mol. The summed E-state index contributed by atoms with van der Waals surface area (Å²) in [6.45, 7) is 2.08. The molecule has 1 fully saturated rings. The topological polar surface area (TPSA) is 132 Å². The van der Waals surface area contributed by atoms with Crippen LogP contribution in [-0.2, 0) is 50.9 Å². The van der Waals surface area contributed by atoms with Gasteiger partial charge in [-0.2, -0.15) is 4.72 Å². The molecule has 0 bridgehead atoms. The van der Waals surface area contributed by atoms with Gasteiger partial charge in [0.2, 0.25) is 15.9 Å². The minimum absolute atomic E-state index is 0.0154. The second kappa shape index (κ2) is 18.5. The van der Waals surface area contributed by atoms with Gasteiger partial charge in [0.05, 0.1) is 23.7 Å². The summed E-state index contributed by atoms with van der Waals surface area (Å²) in [4.78, 5) is 18.2. The molecule has 1 saturated heterocycles. The molecule has 6 aromatic rings. The van der Waals surface area contributed by atoms with Crippen molar-refractivity contribution in [2.45, 2.75) is 67.5 Å². The first-order valence-electron chi connectivity index (χ1n) is 18.8. The van der Waals surface area contributed by atoms with Gasteiger partial charge in [-0.25, -0.2) is 13.4 Å². The molecule has 2 heterocycles. The van der Waals surface area contributed by atoms with Gasteiger partial charge in [-0.3, -0.25) is 4.79 Å². The average Bonchev–Trinajstić information content (AvgIpc) is 3.66. The third kappa shape index (κ3) is 10.5. The summed E-state index contributed by atoms with van der Waals surface area (Å²) < 4.78 is 44.4. The van der Waals surface area contributed by atoms with Crippen LogP contribution in [0.4, 0.5) is 0 Å². The summed E-state index contributed by atoms with van der Waals surface area (Å²) in [6, 6.07) is 38.7. The summed E-state index contributed by atoms with van der Waals surface area (Å²) in [5, 5.41) is 13.4. The van der Waals surface area contributed by atoms with E-state index in [0.717, 1.165) is 49.7 Å². The first-order chi connectivity index (χ1) is 27.6. The molecule has 1 aliphatic rings. The van der Waals surface area contributed by atoms with E-state index in [4.69, 9.17) is 9.47 Å². The van der Waals surface area contributed by atoms with E-state index in [9.17, 15) is 18.3 Å². The van der Waals surface area contributed by atoms with Crippen molar-refractivity contribution in [1.82, 2.24) is 19.6 Å². The third-order valence-corrected chi connectivity index (χ3v) is 12.6. The zero-order valence-electron chi connectivity index (χ0n) is 31.8. The summed E-state index contributed by atoms with van der Waals surface area (Å²) in [7, 11) is -1.98. The zero-order chi connectivity index (χ0) is 39.8. The lowest BCUT2D eigenvalue weighted by Gasteiger charge is -2.36. The molecule has 5 aromatic carbocycles. The Bertz CT molecular complexity index is 2350. The highest BCUT2D eigenvalue weighted by molar-refractivity contribution is 7.99. The largest absolute Gasteiger partial charge is 0.392 e. The number of carbonyl (C=O) groups is 1. The van der Waals surface area contributed by atoms with Crippen LogP contribution in [0.25, 0.3) is 11.1 Å². The highest BCUT2D eigenvalue weighted by Gasteiger charge is 2.33. The maximum absolute atomic E-state index is 13.6. The highest BCUT2D eigenvalue weighted by Crippen LogP contribution is 2.40. The van der Waals surface area contributed by atoms with Gasteiger partial charge in [0.15, 0.2) is 11.4 Å². The number of ether oxygens (including phenoxy) is 2. The SMILES string of the molecule is Cc1ccc(S(=O)(=O)NC(Cc2ccccc2)C(=O)NCc2cccc(-c3ccc(C4OC(CSc5nccn5C)CC(c5ccc(CO)cc5)O4)cc3)c2)cc1. The van der Waals surface area contributed by atoms with Crippen LogP contribution >= 0.6 is 11.8 Å². The maximum Gasteiger partial charge on any atom is 0.241 e. The lowest BCUT2D eigenvalue weighted by atomic mass is 9.99. The normalized spacial score (nSPS) is 17.6. The van der Waals surface area contributed by atoms with Crippen molar-refractivity contribution in [3.63, 3.8) is 0 Å². The predicted octanol–water partition coefficient (Wildman–Crippen LogP) is 7.43. The lowest BCUT2D eigenvalue weighted by Crippen LogP contribution is -2.47. The molecule has 1 aliphatic heterocycles. The van der Waals surface area contributed by atoms with Gasteiger partial charge in [0.25, 0.3) is 0 Å². The van der Waals surface area contributed by atoms with E-state index in [-0.39, 0.29) is 36.7 Å². The molecule has 12 heteroatoms. The van der Waals surface area contributed by atoms with Gasteiger partial charge < -0.3 is 24.5 Å². The Morgan fingerprint density at radius 2 is 1.58 bits per heavy atom. The number of rotatable bonds is 15. The molecule has 1 amide bonds. The van der Waals surface area contributed by atoms with Crippen LogP contribution in [0, 0.1) is 6.92 Å². The van der Waals surface area contributed by atoms with Crippen molar-refractivity contribution in [2.75, 3.05) is 5.75 Å². The van der Waals surface area contributed by atoms with Crippen molar-refractivity contribution >= 4 is 27.7 Å². The number of carbonyl (C=O) groups excluding carboxylic acids is 1. The van der Waals surface area contributed by atoms with Crippen LogP contribution in [0.3, 0.4) is 0 Å². The second-order valence-electron chi connectivity index (χ2n) is 14.2. The van der Waals surface area contributed by atoms with Crippen LogP contribution in [0.5, 0.6) is 0 Å². The minimum Gasteiger partial charge on any atom is -0.392 e. The van der Waals surface area contributed by atoms with Crippen LogP contribution in [0.15, 0.2) is 150 Å². The van der Waals surface area contributed by atoms with Crippen molar-refractivity contribution in [2.24, 2.45) is 7.05 Å². The molecule has 294 valence electrons. The van der Waals surface area contributed by atoms with E-state index in [0.29, 0.717) is 12.2 Å². The van der Waals surface area contributed by atoms with Gasteiger partial charge in [0, 0.05) is 43.7 Å². The number of sulfonamides is 1. The third-order valence-electron chi connectivity index (χ3n) is 9.93. The van der Waals surface area contributed by atoms with Crippen molar-refractivity contribution in [3.05, 3.63) is 173 Å². The Balaban J connectivity index is 1.03. The fourth-order valence-electron chi connectivity index (χ4n) is 6.70. The van der Waals surface area contributed by atoms with E-state index in [1.807, 2.05) is 128 Å². The molecule has 0 spiro atoms. The Morgan fingerprint density at radius 3 is 2.28 bits per heavy atom. The second-order valence-corrected chi connectivity index (χ2v) is 16.9. The fraction of sp³-hybridized carbons (Fsp3) is 0.244. The summed E-state index contributed by atoms with van der Waals surface area (Å²) >= 11 is 1.65. The number of hydrogen-bond donors (Lipinski definition) is 3. The first kappa shape index (κ1) is 40.1. The number of amides is 1. The molecule has 0 saturated carbocycles. The Labute approximate surface area is 338 Å². The predicted molar refractivity (Wildman–Crippen MR) is 222 cm³/mol. The van der Waals surface area contributed by atoms with Crippen LogP contribution in [0.1, 0.15) is 52.2 Å². The van der Waals surface area contributed by atoms with Crippen molar-refractivity contribution in [1.29, 1.82) is 0 Å². The molecule has 4 atom stereocenters. The van der Waals surface area contributed by atoms with Gasteiger partial charge >= 0.3 is 0 Å². The van der Waals surface area contributed by atoms with E-state index < -0.39 is 28.3 Å². The number of nitrogens with zero attached hydrogens (tertiary/aromatic N) is 2. The molecule has 0 aliphatic carbocycles. The molecule has 1 aromatic heterocycles. The van der Waals surface area contributed by atoms with Crippen molar-refractivity contribution < 1.29 is 27.8 Å².